The summed E-state index contributed by atoms with van der Waals surface area (Å²) in [5, 5.41) is 10.8. The van der Waals surface area contributed by atoms with Crippen LogP contribution in [-0.2, 0) is 4.74 Å². The van der Waals surface area contributed by atoms with Crippen molar-refractivity contribution >= 4 is 11.7 Å². The van der Waals surface area contributed by atoms with Gasteiger partial charge in [-0.1, -0.05) is 13.8 Å². The van der Waals surface area contributed by atoms with Crippen molar-refractivity contribution in [2.24, 2.45) is 5.92 Å². The Labute approximate surface area is 110 Å². The van der Waals surface area contributed by atoms with Gasteiger partial charge in [0.1, 0.15) is 0 Å². The fourth-order valence-corrected chi connectivity index (χ4v) is 1.29. The van der Waals surface area contributed by atoms with E-state index >= 15 is 0 Å². The van der Waals surface area contributed by atoms with E-state index in [9.17, 15) is 14.9 Å². The predicted molar refractivity (Wildman–Crippen MR) is 67.2 cm³/mol. The zero-order valence-electron chi connectivity index (χ0n) is 11.1. The normalized spacial score (nSPS) is 10.3. The first-order valence-corrected chi connectivity index (χ1v) is 5.82. The average Bonchev–Trinajstić information content (AvgIpc) is 2.37. The quantitative estimate of drug-likeness (QED) is 0.446. The zero-order chi connectivity index (χ0) is 14.4. The molecule has 1 aromatic rings. The minimum absolute atomic E-state index is 0.0207. The molecule has 19 heavy (non-hydrogen) atoms. The molecule has 1 heterocycles. The first-order chi connectivity index (χ1) is 8.95. The van der Waals surface area contributed by atoms with Crippen molar-refractivity contribution in [3.8, 4) is 5.88 Å². The Morgan fingerprint density at radius 2 is 2.16 bits per heavy atom. The third kappa shape index (κ3) is 4.20. The van der Waals surface area contributed by atoms with Crippen LogP contribution in [0.5, 0.6) is 5.88 Å². The molecule has 7 nitrogen and oxygen atoms in total. The van der Waals surface area contributed by atoms with E-state index in [1.54, 1.807) is 0 Å². The molecule has 0 aliphatic heterocycles. The molecule has 0 saturated heterocycles. The molecule has 0 unspecified atom stereocenters. The highest BCUT2D eigenvalue weighted by Crippen LogP contribution is 2.25. The van der Waals surface area contributed by atoms with Crippen molar-refractivity contribution < 1.29 is 19.2 Å². The maximum atomic E-state index is 11.3. The van der Waals surface area contributed by atoms with E-state index in [2.05, 4.69) is 9.72 Å². The SMILES string of the molecule is COC(=O)c1ccc([N+](=O)[O-])c(OCCC(C)C)n1. The van der Waals surface area contributed by atoms with Crippen molar-refractivity contribution in [2.45, 2.75) is 20.3 Å². The fraction of sp³-hybridized carbons (Fsp3) is 0.500. The Bertz CT molecular complexity index is 473. The summed E-state index contributed by atoms with van der Waals surface area (Å²) in [4.78, 5) is 25.4. The standard InChI is InChI=1S/C12H16N2O5/c1-8(2)6-7-19-11-10(14(16)17)5-4-9(13-11)12(15)18-3/h4-5,8H,6-7H2,1-3H3. The molecular weight excluding hydrogens is 252 g/mol. The number of nitrogens with zero attached hydrogens (tertiary/aromatic N) is 2. The Morgan fingerprint density at radius 1 is 1.47 bits per heavy atom. The second kappa shape index (κ2) is 6.67. The van der Waals surface area contributed by atoms with E-state index in [-0.39, 0.29) is 17.3 Å². The number of rotatable bonds is 6. The van der Waals surface area contributed by atoms with E-state index in [0.717, 1.165) is 6.42 Å². The third-order valence-electron chi connectivity index (χ3n) is 2.37. The van der Waals surface area contributed by atoms with E-state index in [0.29, 0.717) is 12.5 Å². The number of pyridine rings is 1. The van der Waals surface area contributed by atoms with Crippen LogP contribution in [0.15, 0.2) is 12.1 Å². The van der Waals surface area contributed by atoms with Crippen molar-refractivity contribution in [1.29, 1.82) is 0 Å². The summed E-state index contributed by atoms with van der Waals surface area (Å²) in [6.07, 6.45) is 0.737. The van der Waals surface area contributed by atoms with Gasteiger partial charge in [-0.3, -0.25) is 10.1 Å². The number of hydrogen-bond acceptors (Lipinski definition) is 6. The lowest BCUT2D eigenvalue weighted by molar-refractivity contribution is -0.386. The number of carbonyl (C=O) groups excluding carboxylic acids is 1. The molecule has 0 aromatic carbocycles. The highest BCUT2D eigenvalue weighted by atomic mass is 16.6. The second-order valence-corrected chi connectivity index (χ2v) is 4.30. The third-order valence-corrected chi connectivity index (χ3v) is 2.37. The minimum Gasteiger partial charge on any atom is -0.473 e. The topological polar surface area (TPSA) is 91.6 Å². The minimum atomic E-state index is -0.663. The van der Waals surface area contributed by atoms with Crippen molar-refractivity contribution in [2.75, 3.05) is 13.7 Å². The molecule has 0 fully saturated rings. The van der Waals surface area contributed by atoms with Gasteiger partial charge in [0, 0.05) is 6.07 Å². The molecule has 104 valence electrons. The van der Waals surface area contributed by atoms with Crippen LogP contribution in [0.3, 0.4) is 0 Å². The van der Waals surface area contributed by atoms with E-state index in [4.69, 9.17) is 4.74 Å². The molecule has 0 amide bonds. The van der Waals surface area contributed by atoms with Crippen molar-refractivity contribution in [1.82, 2.24) is 4.98 Å². The maximum absolute atomic E-state index is 11.3. The summed E-state index contributed by atoms with van der Waals surface area (Å²) in [5.41, 5.74) is -0.288. The van der Waals surface area contributed by atoms with Crippen LogP contribution in [0.25, 0.3) is 0 Å². The first-order valence-electron chi connectivity index (χ1n) is 5.82. The largest absolute Gasteiger partial charge is 0.473 e. The van der Waals surface area contributed by atoms with Crippen LogP contribution in [-0.4, -0.2) is 29.6 Å². The number of aromatic nitrogens is 1. The van der Waals surface area contributed by atoms with Crippen LogP contribution < -0.4 is 4.74 Å². The van der Waals surface area contributed by atoms with Gasteiger partial charge in [0.25, 0.3) is 5.88 Å². The molecular formula is C12H16N2O5. The van der Waals surface area contributed by atoms with Crippen LogP contribution in [0.1, 0.15) is 30.8 Å². The van der Waals surface area contributed by atoms with Crippen molar-refractivity contribution in [3.63, 3.8) is 0 Å². The van der Waals surface area contributed by atoms with Gasteiger partial charge in [-0.25, -0.2) is 9.78 Å². The molecule has 0 radical (unpaired) electrons. The number of methoxy groups -OCH3 is 1. The Balaban J connectivity index is 2.95. The van der Waals surface area contributed by atoms with E-state index in [1.807, 2.05) is 13.8 Å². The van der Waals surface area contributed by atoms with Gasteiger partial charge in [0.15, 0.2) is 5.69 Å². The molecule has 0 bridgehead atoms. The lowest BCUT2D eigenvalue weighted by atomic mass is 10.1. The first kappa shape index (κ1) is 14.9. The van der Waals surface area contributed by atoms with E-state index in [1.165, 1.54) is 19.2 Å². The maximum Gasteiger partial charge on any atom is 0.356 e. The summed E-state index contributed by atoms with van der Waals surface area (Å²) < 4.78 is 9.79. The molecule has 0 saturated carbocycles. The van der Waals surface area contributed by atoms with Gasteiger partial charge >= 0.3 is 11.7 Å². The van der Waals surface area contributed by atoms with Crippen LogP contribution in [0.2, 0.25) is 0 Å². The van der Waals surface area contributed by atoms with Gasteiger partial charge in [-0.2, -0.15) is 0 Å². The zero-order valence-corrected chi connectivity index (χ0v) is 11.1. The Kier molecular flexibility index (Phi) is 5.23. The Morgan fingerprint density at radius 3 is 2.68 bits per heavy atom. The highest BCUT2D eigenvalue weighted by Gasteiger charge is 2.20. The summed E-state index contributed by atoms with van der Waals surface area (Å²) in [7, 11) is 1.21. The van der Waals surface area contributed by atoms with Gasteiger partial charge in [-0.15, -0.1) is 0 Å². The highest BCUT2D eigenvalue weighted by molar-refractivity contribution is 5.87. The average molecular weight is 268 g/mol. The predicted octanol–water partition coefficient (Wildman–Crippen LogP) is 2.20. The lowest BCUT2D eigenvalue weighted by Crippen LogP contribution is -2.09. The molecule has 0 aliphatic carbocycles. The fourth-order valence-electron chi connectivity index (χ4n) is 1.29. The molecule has 0 N–H and O–H groups in total. The van der Waals surface area contributed by atoms with Crippen molar-refractivity contribution in [3.05, 3.63) is 27.9 Å². The molecule has 0 atom stereocenters. The number of nitro groups is 1. The van der Waals surface area contributed by atoms with Crippen LogP contribution >= 0.6 is 0 Å². The number of carbonyl (C=O) groups is 1. The Hall–Kier alpha value is -2.18. The van der Waals surface area contributed by atoms with Gasteiger partial charge in [-0.05, 0) is 18.4 Å². The molecule has 7 heteroatoms. The smallest absolute Gasteiger partial charge is 0.356 e. The number of ether oxygens (including phenoxy) is 2. The summed E-state index contributed by atoms with van der Waals surface area (Å²) >= 11 is 0. The van der Waals surface area contributed by atoms with Gasteiger partial charge in [0.05, 0.1) is 18.6 Å². The second-order valence-electron chi connectivity index (χ2n) is 4.30. The lowest BCUT2D eigenvalue weighted by Gasteiger charge is -2.08. The van der Waals surface area contributed by atoms with Gasteiger partial charge in [0.2, 0.25) is 0 Å². The summed E-state index contributed by atoms with van der Waals surface area (Å²) in [6, 6.07) is 2.42. The van der Waals surface area contributed by atoms with Crippen LogP contribution in [0.4, 0.5) is 5.69 Å². The monoisotopic (exact) mass is 268 g/mol. The van der Waals surface area contributed by atoms with Gasteiger partial charge < -0.3 is 9.47 Å². The van der Waals surface area contributed by atoms with Crippen LogP contribution in [0, 0.1) is 16.0 Å². The summed E-state index contributed by atoms with van der Waals surface area (Å²) in [5.74, 6) is -0.417. The van der Waals surface area contributed by atoms with E-state index < -0.39 is 10.9 Å². The molecule has 1 rings (SSSR count). The number of esters is 1. The molecule has 1 aromatic heterocycles. The summed E-state index contributed by atoms with van der Waals surface area (Å²) in [6.45, 7) is 4.32. The molecule has 0 spiro atoms. The number of hydrogen-bond donors (Lipinski definition) is 0. The molecule has 0 aliphatic rings.